The number of thioether (sulfide) groups is 1. The van der Waals surface area contributed by atoms with E-state index in [1.807, 2.05) is 24.3 Å². The number of carbonyl (C=O) groups is 1. The lowest BCUT2D eigenvalue weighted by Crippen LogP contribution is -2.17. The van der Waals surface area contributed by atoms with Gasteiger partial charge in [-0.3, -0.25) is 4.79 Å². The molecule has 1 aromatic heterocycles. The lowest BCUT2D eigenvalue weighted by atomic mass is 9.99. The molecule has 1 unspecified atom stereocenters. The molecule has 3 aromatic rings. The summed E-state index contributed by atoms with van der Waals surface area (Å²) in [6.45, 7) is 4.31. The van der Waals surface area contributed by atoms with Gasteiger partial charge in [0.2, 0.25) is 11.1 Å². The Labute approximate surface area is 184 Å². The molecule has 0 saturated heterocycles. The maximum atomic E-state index is 13.6. The van der Waals surface area contributed by atoms with Crippen molar-refractivity contribution in [3.05, 3.63) is 65.5 Å². The lowest BCUT2D eigenvalue weighted by Gasteiger charge is -2.10. The Morgan fingerprint density at radius 1 is 1.26 bits per heavy atom. The summed E-state index contributed by atoms with van der Waals surface area (Å²) in [6, 6.07) is 14.1. The zero-order valence-corrected chi connectivity index (χ0v) is 18.1. The summed E-state index contributed by atoms with van der Waals surface area (Å²) < 4.78 is 14.8. The molecular formula is C21H24FN7OS. The first kappa shape index (κ1) is 22.3. The fourth-order valence-electron chi connectivity index (χ4n) is 2.65. The van der Waals surface area contributed by atoms with Crippen molar-refractivity contribution in [1.29, 1.82) is 0 Å². The summed E-state index contributed by atoms with van der Waals surface area (Å²) in [7, 11) is 0. The van der Waals surface area contributed by atoms with Crippen LogP contribution in [0.3, 0.4) is 0 Å². The van der Waals surface area contributed by atoms with Crippen molar-refractivity contribution in [2.45, 2.75) is 31.3 Å². The van der Waals surface area contributed by atoms with Gasteiger partial charge in [-0.05, 0) is 36.1 Å². The number of halogens is 1. The number of amides is 1. The largest absolute Gasteiger partial charge is 0.334 e. The molecule has 4 N–H and O–H groups in total. The van der Waals surface area contributed by atoms with E-state index in [9.17, 15) is 9.18 Å². The van der Waals surface area contributed by atoms with Crippen molar-refractivity contribution in [3.63, 3.8) is 0 Å². The quantitative estimate of drug-likeness (QED) is 0.202. The fraction of sp³-hybridized carbons (Fsp3) is 0.238. The Hall–Kier alpha value is -3.40. The number of nitrogens with two attached hydrogens (primary N) is 1. The number of nitrogens with zero attached hydrogens (tertiary/aromatic N) is 4. The van der Waals surface area contributed by atoms with E-state index in [2.05, 4.69) is 39.9 Å². The van der Waals surface area contributed by atoms with E-state index in [0.717, 1.165) is 23.9 Å². The molecule has 0 spiro atoms. The van der Waals surface area contributed by atoms with Crippen LogP contribution in [0.2, 0.25) is 0 Å². The third kappa shape index (κ3) is 6.05. The fourth-order valence-corrected chi connectivity index (χ4v) is 3.31. The van der Waals surface area contributed by atoms with Crippen molar-refractivity contribution in [3.8, 4) is 0 Å². The average Bonchev–Trinajstić information content (AvgIpc) is 3.13. The first-order valence-corrected chi connectivity index (χ1v) is 10.7. The normalized spacial score (nSPS) is 12.1. The van der Waals surface area contributed by atoms with Crippen LogP contribution in [0.5, 0.6) is 0 Å². The molecule has 1 atom stereocenters. The second-order valence-corrected chi connectivity index (χ2v) is 7.78. The maximum Gasteiger partial charge on any atom is 0.264 e. The second kappa shape index (κ2) is 10.6. The van der Waals surface area contributed by atoms with Crippen LogP contribution < -0.4 is 16.6 Å². The molecule has 0 aliphatic heterocycles. The van der Waals surface area contributed by atoms with Gasteiger partial charge in [0, 0.05) is 11.3 Å². The lowest BCUT2D eigenvalue weighted by molar-refractivity contribution is -0.113. The second-order valence-electron chi connectivity index (χ2n) is 6.84. The summed E-state index contributed by atoms with van der Waals surface area (Å²) in [5.74, 6) is 6.12. The molecule has 1 amide bonds. The predicted octanol–water partition coefficient (Wildman–Crippen LogP) is 3.82. The molecule has 10 heteroatoms. The highest BCUT2D eigenvalue weighted by molar-refractivity contribution is 7.99. The molecule has 0 saturated carbocycles. The van der Waals surface area contributed by atoms with Gasteiger partial charge in [0.1, 0.15) is 5.82 Å². The Morgan fingerprint density at radius 3 is 2.71 bits per heavy atom. The number of anilines is 2. The Bertz CT molecular complexity index is 1050. The van der Waals surface area contributed by atoms with Crippen LogP contribution in [0, 0.1) is 5.82 Å². The van der Waals surface area contributed by atoms with Crippen LogP contribution in [0.25, 0.3) is 0 Å². The van der Waals surface area contributed by atoms with E-state index in [0.29, 0.717) is 16.6 Å². The van der Waals surface area contributed by atoms with Crippen molar-refractivity contribution in [1.82, 2.24) is 14.9 Å². The van der Waals surface area contributed by atoms with Crippen LogP contribution in [-0.4, -0.2) is 32.7 Å². The molecule has 1 heterocycles. The van der Waals surface area contributed by atoms with E-state index in [1.165, 1.54) is 22.5 Å². The molecule has 8 nitrogen and oxygen atoms in total. The molecule has 0 aliphatic carbocycles. The van der Waals surface area contributed by atoms with Crippen LogP contribution in [-0.2, 0) is 4.79 Å². The van der Waals surface area contributed by atoms with Gasteiger partial charge in [0.05, 0.1) is 12.0 Å². The van der Waals surface area contributed by atoms with Gasteiger partial charge in [-0.2, -0.15) is 5.10 Å². The van der Waals surface area contributed by atoms with E-state index in [1.54, 1.807) is 18.2 Å². The highest BCUT2D eigenvalue weighted by atomic mass is 32.2. The van der Waals surface area contributed by atoms with Gasteiger partial charge in [-0.1, -0.05) is 55.9 Å². The Kier molecular flexibility index (Phi) is 7.60. The predicted molar refractivity (Wildman–Crippen MR) is 122 cm³/mol. The van der Waals surface area contributed by atoms with Crippen molar-refractivity contribution in [2.75, 3.05) is 22.3 Å². The number of hydrazone groups is 1. The number of nitrogen functional groups attached to an aromatic ring is 1. The van der Waals surface area contributed by atoms with E-state index < -0.39 is 0 Å². The Balaban J connectivity index is 1.51. The third-order valence-electron chi connectivity index (χ3n) is 4.65. The maximum absolute atomic E-state index is 13.6. The molecule has 0 aliphatic rings. The minimum atomic E-state index is -0.390. The molecule has 3 rings (SSSR count). The highest BCUT2D eigenvalue weighted by Gasteiger charge is 2.12. The van der Waals surface area contributed by atoms with Gasteiger partial charge < -0.3 is 11.2 Å². The Morgan fingerprint density at radius 2 is 2.00 bits per heavy atom. The minimum Gasteiger partial charge on any atom is -0.334 e. The average molecular weight is 442 g/mol. The zero-order chi connectivity index (χ0) is 22.2. The number of benzene rings is 2. The number of nitrogens with one attached hydrogen (secondary N) is 2. The minimum absolute atomic E-state index is 0.112. The summed E-state index contributed by atoms with van der Waals surface area (Å²) >= 11 is 1.14. The smallest absolute Gasteiger partial charge is 0.264 e. The topological polar surface area (TPSA) is 110 Å². The molecule has 0 fully saturated rings. The summed E-state index contributed by atoms with van der Waals surface area (Å²) in [6.07, 6.45) is 2.38. The van der Waals surface area contributed by atoms with E-state index in [-0.39, 0.29) is 23.4 Å². The SMILES string of the molecule is CCC(C)c1ccc(NC(=O)CSc2nnc(N/N=C/c3ccccc3F)n2N)cc1. The van der Waals surface area contributed by atoms with Gasteiger partial charge >= 0.3 is 0 Å². The molecule has 162 valence electrons. The van der Waals surface area contributed by atoms with Gasteiger partial charge in [-0.15, -0.1) is 10.2 Å². The zero-order valence-electron chi connectivity index (χ0n) is 17.2. The summed E-state index contributed by atoms with van der Waals surface area (Å²) in [5.41, 5.74) is 4.90. The number of hydrogen-bond acceptors (Lipinski definition) is 7. The van der Waals surface area contributed by atoms with Crippen LogP contribution in [0.15, 0.2) is 58.8 Å². The van der Waals surface area contributed by atoms with Crippen molar-refractivity contribution < 1.29 is 9.18 Å². The van der Waals surface area contributed by atoms with Crippen LogP contribution in [0.4, 0.5) is 16.0 Å². The van der Waals surface area contributed by atoms with E-state index in [4.69, 9.17) is 5.84 Å². The summed E-state index contributed by atoms with van der Waals surface area (Å²) in [4.78, 5) is 12.2. The molecule has 0 bridgehead atoms. The first-order chi connectivity index (χ1) is 15.0. The van der Waals surface area contributed by atoms with Gasteiger partial charge in [0.25, 0.3) is 5.95 Å². The number of aromatic nitrogens is 3. The molecule has 31 heavy (non-hydrogen) atoms. The molecule has 2 aromatic carbocycles. The van der Waals surface area contributed by atoms with Crippen LogP contribution >= 0.6 is 11.8 Å². The van der Waals surface area contributed by atoms with Crippen molar-refractivity contribution in [2.24, 2.45) is 5.10 Å². The molecule has 0 radical (unpaired) electrons. The van der Waals surface area contributed by atoms with Crippen molar-refractivity contribution >= 4 is 35.5 Å². The number of rotatable bonds is 9. The monoisotopic (exact) mass is 441 g/mol. The van der Waals surface area contributed by atoms with Gasteiger partial charge in [0.15, 0.2) is 0 Å². The first-order valence-electron chi connectivity index (χ1n) is 9.74. The number of carbonyl (C=O) groups excluding carboxylic acids is 1. The van der Waals surface area contributed by atoms with Crippen LogP contribution in [0.1, 0.15) is 37.3 Å². The standard InChI is InChI=1S/C21H24FN7OS/c1-3-14(2)15-8-10-17(11-9-15)25-19(30)13-31-21-28-27-20(29(21)23)26-24-12-16-6-4-5-7-18(16)22/h4-12,14H,3,13,23H2,1-2H3,(H,25,30)(H,26,27)/b24-12+. The third-order valence-corrected chi connectivity index (χ3v) is 5.59. The van der Waals surface area contributed by atoms with Gasteiger partial charge in [-0.25, -0.2) is 14.5 Å². The summed E-state index contributed by atoms with van der Waals surface area (Å²) in [5, 5.41) is 14.9. The number of hydrogen-bond donors (Lipinski definition) is 3. The molecular weight excluding hydrogens is 417 g/mol. The highest BCUT2D eigenvalue weighted by Crippen LogP contribution is 2.21. The van der Waals surface area contributed by atoms with E-state index >= 15 is 0 Å².